The lowest BCUT2D eigenvalue weighted by molar-refractivity contribution is 0.0848. The van der Waals surface area contributed by atoms with E-state index in [-0.39, 0.29) is 6.10 Å². The fourth-order valence-corrected chi connectivity index (χ4v) is 1.46. The van der Waals surface area contributed by atoms with E-state index in [2.05, 4.69) is 17.2 Å². The zero-order valence-electron chi connectivity index (χ0n) is 9.32. The van der Waals surface area contributed by atoms with Gasteiger partial charge >= 0.3 is 0 Å². The molecule has 0 fully saturated rings. The normalized spacial score (nSPS) is 15.4. The van der Waals surface area contributed by atoms with Gasteiger partial charge < -0.3 is 14.6 Å². The number of nitrogens with zero attached hydrogens (tertiary/aromatic N) is 2. The molecule has 0 aliphatic carbocycles. The van der Waals surface area contributed by atoms with Gasteiger partial charge in [-0.25, -0.2) is 4.98 Å². The molecule has 2 unspecified atom stereocenters. The Balaban J connectivity index is 2.61. The molecule has 80 valence electrons. The molecule has 0 saturated heterocycles. The number of ether oxygens (including phenoxy) is 1. The first-order valence-electron chi connectivity index (χ1n) is 4.85. The van der Waals surface area contributed by atoms with E-state index in [4.69, 9.17) is 4.74 Å². The van der Waals surface area contributed by atoms with Crippen molar-refractivity contribution in [1.82, 2.24) is 14.9 Å². The van der Waals surface area contributed by atoms with E-state index in [1.54, 1.807) is 7.11 Å². The van der Waals surface area contributed by atoms with Crippen LogP contribution in [0, 0.1) is 0 Å². The molecule has 1 rings (SSSR count). The van der Waals surface area contributed by atoms with Crippen molar-refractivity contribution in [3.05, 3.63) is 18.2 Å². The van der Waals surface area contributed by atoms with Crippen LogP contribution in [-0.2, 0) is 18.2 Å². The maximum atomic E-state index is 5.29. The molecule has 1 N–H and O–H groups in total. The van der Waals surface area contributed by atoms with Gasteiger partial charge in [-0.05, 0) is 14.0 Å². The van der Waals surface area contributed by atoms with E-state index in [1.165, 1.54) is 0 Å². The highest BCUT2D eigenvalue weighted by molar-refractivity contribution is 4.95. The summed E-state index contributed by atoms with van der Waals surface area (Å²) in [6.45, 7) is 2.06. The summed E-state index contributed by atoms with van der Waals surface area (Å²) in [6.07, 6.45) is 4.85. The fraction of sp³-hybridized carbons (Fsp3) is 0.700. The third-order valence-electron chi connectivity index (χ3n) is 2.63. The molecule has 0 aromatic carbocycles. The van der Waals surface area contributed by atoms with Gasteiger partial charge in [0.25, 0.3) is 0 Å². The number of hydrogen-bond acceptors (Lipinski definition) is 3. The van der Waals surface area contributed by atoms with E-state index in [0.29, 0.717) is 6.04 Å². The molecule has 0 saturated carbocycles. The summed E-state index contributed by atoms with van der Waals surface area (Å²) >= 11 is 0. The van der Waals surface area contributed by atoms with Gasteiger partial charge in [0.05, 0.1) is 6.10 Å². The fourth-order valence-electron chi connectivity index (χ4n) is 1.46. The molecule has 4 heteroatoms. The van der Waals surface area contributed by atoms with Gasteiger partial charge in [0.15, 0.2) is 0 Å². The van der Waals surface area contributed by atoms with E-state index in [9.17, 15) is 0 Å². The lowest BCUT2D eigenvalue weighted by Gasteiger charge is -2.21. The minimum Gasteiger partial charge on any atom is -0.380 e. The zero-order chi connectivity index (χ0) is 10.6. The second-order valence-corrected chi connectivity index (χ2v) is 3.49. The van der Waals surface area contributed by atoms with Gasteiger partial charge in [0.1, 0.15) is 5.82 Å². The second kappa shape index (κ2) is 5.12. The van der Waals surface area contributed by atoms with Gasteiger partial charge in [0.2, 0.25) is 0 Å². The minimum atomic E-state index is 0.191. The molecule has 2 atom stereocenters. The summed E-state index contributed by atoms with van der Waals surface area (Å²) < 4.78 is 7.33. The zero-order valence-corrected chi connectivity index (χ0v) is 9.32. The molecule has 0 aliphatic heterocycles. The molecule has 1 aromatic rings. The van der Waals surface area contributed by atoms with Crippen LogP contribution in [0.1, 0.15) is 12.7 Å². The lowest BCUT2D eigenvalue weighted by atomic mass is 10.1. The summed E-state index contributed by atoms with van der Waals surface area (Å²) in [5.41, 5.74) is 0. The highest BCUT2D eigenvalue weighted by Crippen LogP contribution is 2.05. The first kappa shape index (κ1) is 11.2. The molecule has 1 aromatic heterocycles. The average molecular weight is 197 g/mol. The van der Waals surface area contributed by atoms with Crippen molar-refractivity contribution in [2.24, 2.45) is 7.05 Å². The molecule has 4 nitrogen and oxygen atoms in total. The Hall–Kier alpha value is -0.870. The largest absolute Gasteiger partial charge is 0.380 e. The molecule has 1 heterocycles. The lowest BCUT2D eigenvalue weighted by Crippen LogP contribution is -2.39. The predicted molar refractivity (Wildman–Crippen MR) is 56.2 cm³/mol. The highest BCUT2D eigenvalue weighted by atomic mass is 16.5. The van der Waals surface area contributed by atoms with E-state index in [0.717, 1.165) is 12.2 Å². The number of nitrogens with one attached hydrogen (secondary N) is 1. The van der Waals surface area contributed by atoms with Crippen molar-refractivity contribution < 1.29 is 4.74 Å². The Morgan fingerprint density at radius 1 is 1.64 bits per heavy atom. The summed E-state index contributed by atoms with van der Waals surface area (Å²) in [5.74, 6) is 1.08. The predicted octanol–water partition coefficient (Wildman–Crippen LogP) is 0.585. The SMILES string of the molecule is CNC(Cc1nccn1C)C(C)OC. The Morgan fingerprint density at radius 3 is 2.79 bits per heavy atom. The third kappa shape index (κ3) is 2.56. The number of methoxy groups -OCH3 is 1. The summed E-state index contributed by atoms with van der Waals surface area (Å²) in [7, 11) is 5.68. The maximum Gasteiger partial charge on any atom is 0.110 e. The Labute approximate surface area is 85.3 Å². The number of aromatic nitrogens is 2. The van der Waals surface area contributed by atoms with Crippen LogP contribution in [-0.4, -0.2) is 35.9 Å². The van der Waals surface area contributed by atoms with Crippen molar-refractivity contribution in [2.45, 2.75) is 25.5 Å². The molecule has 0 radical (unpaired) electrons. The van der Waals surface area contributed by atoms with Gasteiger partial charge in [-0.15, -0.1) is 0 Å². The first-order chi connectivity index (χ1) is 6.69. The number of imidazole rings is 1. The average Bonchev–Trinajstić information content (AvgIpc) is 2.59. The van der Waals surface area contributed by atoms with Crippen molar-refractivity contribution >= 4 is 0 Å². The second-order valence-electron chi connectivity index (χ2n) is 3.49. The molecule has 0 amide bonds. The summed E-state index contributed by atoms with van der Waals surface area (Å²) in [5, 5.41) is 3.24. The Kier molecular flexibility index (Phi) is 4.10. The number of hydrogen-bond donors (Lipinski definition) is 1. The van der Waals surface area contributed by atoms with Crippen molar-refractivity contribution in [2.75, 3.05) is 14.2 Å². The Bertz CT molecular complexity index is 272. The van der Waals surface area contributed by atoms with Gasteiger partial charge in [-0.2, -0.15) is 0 Å². The first-order valence-corrected chi connectivity index (χ1v) is 4.85. The van der Waals surface area contributed by atoms with Crippen LogP contribution in [0.25, 0.3) is 0 Å². The van der Waals surface area contributed by atoms with Gasteiger partial charge in [0, 0.05) is 39.0 Å². The van der Waals surface area contributed by atoms with Crippen LogP contribution in [0.2, 0.25) is 0 Å². The van der Waals surface area contributed by atoms with Crippen molar-refractivity contribution in [3.63, 3.8) is 0 Å². The highest BCUT2D eigenvalue weighted by Gasteiger charge is 2.16. The quantitative estimate of drug-likeness (QED) is 0.750. The monoisotopic (exact) mass is 197 g/mol. The standard InChI is InChI=1S/C10H19N3O/c1-8(14-4)9(11-2)7-10-12-5-6-13(10)3/h5-6,8-9,11H,7H2,1-4H3. The van der Waals surface area contributed by atoms with Gasteiger partial charge in [-0.1, -0.05) is 0 Å². The van der Waals surface area contributed by atoms with Crippen LogP contribution < -0.4 is 5.32 Å². The third-order valence-corrected chi connectivity index (χ3v) is 2.63. The maximum absolute atomic E-state index is 5.29. The summed E-state index contributed by atoms with van der Waals surface area (Å²) in [6, 6.07) is 0.307. The molecule has 0 bridgehead atoms. The van der Waals surface area contributed by atoms with E-state index in [1.807, 2.05) is 31.1 Å². The molecular weight excluding hydrogens is 178 g/mol. The van der Waals surface area contributed by atoms with Crippen LogP contribution in [0.15, 0.2) is 12.4 Å². The topological polar surface area (TPSA) is 39.1 Å². The molecule has 0 spiro atoms. The molecule has 14 heavy (non-hydrogen) atoms. The van der Waals surface area contributed by atoms with E-state index >= 15 is 0 Å². The minimum absolute atomic E-state index is 0.191. The number of aryl methyl sites for hydroxylation is 1. The van der Waals surface area contributed by atoms with Crippen LogP contribution in [0.3, 0.4) is 0 Å². The molecule has 0 aliphatic rings. The smallest absolute Gasteiger partial charge is 0.110 e. The number of rotatable bonds is 5. The van der Waals surface area contributed by atoms with Crippen LogP contribution in [0.5, 0.6) is 0 Å². The van der Waals surface area contributed by atoms with Crippen LogP contribution >= 0.6 is 0 Å². The Morgan fingerprint density at radius 2 is 2.36 bits per heavy atom. The van der Waals surface area contributed by atoms with E-state index < -0.39 is 0 Å². The van der Waals surface area contributed by atoms with Gasteiger partial charge in [-0.3, -0.25) is 0 Å². The summed E-state index contributed by atoms with van der Waals surface area (Å²) in [4.78, 5) is 4.29. The van der Waals surface area contributed by atoms with Crippen molar-refractivity contribution in [3.8, 4) is 0 Å². The van der Waals surface area contributed by atoms with Crippen molar-refractivity contribution in [1.29, 1.82) is 0 Å². The molecular formula is C10H19N3O. The number of likely N-dealkylation sites (N-methyl/N-ethyl adjacent to an activating group) is 1. The van der Waals surface area contributed by atoms with Crippen LogP contribution in [0.4, 0.5) is 0 Å².